The number of aliphatic hydroxyl groups is 1. The lowest BCUT2D eigenvalue weighted by Gasteiger charge is -2.27. The number of nitrogens with two attached hydrogens (primary N) is 3. The normalized spacial score (nSPS) is 16.2. The Kier molecular flexibility index (Phi) is 6.16. The molecular weight excluding hydrogens is 382 g/mol. The first-order valence-corrected chi connectivity index (χ1v) is 10.2. The topological polar surface area (TPSA) is 153 Å². The van der Waals surface area contributed by atoms with Crippen molar-refractivity contribution in [3.63, 3.8) is 0 Å². The molecule has 160 valence electrons. The number of nitrogens with zero attached hydrogens (tertiary/aromatic N) is 1. The highest BCUT2D eigenvalue weighted by atomic mass is 16.5. The predicted molar refractivity (Wildman–Crippen MR) is 117 cm³/mol. The number of aliphatic hydroxyl groups excluding tert-OH is 1. The highest BCUT2D eigenvalue weighted by molar-refractivity contribution is 5.96. The number of hydrogen-bond acceptors (Lipinski definition) is 7. The van der Waals surface area contributed by atoms with Crippen molar-refractivity contribution < 1.29 is 14.8 Å². The number of nitrogen functional groups attached to an aromatic ring is 2. The molecule has 3 aromatic rings. The number of aromatic amines is 2. The summed E-state index contributed by atoms with van der Waals surface area (Å²) < 4.78 is 5.37. The molecule has 9 heteroatoms. The fourth-order valence-corrected chi connectivity index (χ4v) is 3.90. The Morgan fingerprint density at radius 3 is 2.80 bits per heavy atom. The monoisotopic (exact) mass is 412 g/mol. The number of aromatic nitrogens is 2. The molecule has 10 N–H and O–H groups in total. The van der Waals surface area contributed by atoms with Gasteiger partial charge in [-0.1, -0.05) is 0 Å². The maximum Gasteiger partial charge on any atom is 0.270 e. The molecule has 1 atom stereocenters. The van der Waals surface area contributed by atoms with Crippen molar-refractivity contribution in [3.05, 3.63) is 41.7 Å². The van der Waals surface area contributed by atoms with E-state index in [1.54, 1.807) is 0 Å². The Hall–Kier alpha value is -2.69. The molecule has 1 fully saturated rings. The number of H-pyrrole nitrogens is 2. The van der Waals surface area contributed by atoms with E-state index in [0.717, 1.165) is 60.4 Å². The summed E-state index contributed by atoms with van der Waals surface area (Å²) in [6.07, 6.45) is 2.87. The summed E-state index contributed by atoms with van der Waals surface area (Å²) in [5.74, 6) is 0.572. The minimum absolute atomic E-state index is 0.283. The largest absolute Gasteiger partial charge is 0.398 e. The zero-order valence-electron chi connectivity index (χ0n) is 16.9. The van der Waals surface area contributed by atoms with E-state index in [1.807, 2.05) is 30.6 Å². The van der Waals surface area contributed by atoms with Gasteiger partial charge in [-0.3, -0.25) is 16.0 Å². The highest BCUT2D eigenvalue weighted by Crippen LogP contribution is 2.34. The minimum atomic E-state index is -0.889. The zero-order chi connectivity index (χ0) is 21.1. The van der Waals surface area contributed by atoms with Crippen LogP contribution in [-0.2, 0) is 11.3 Å². The number of fused-ring (bicyclic) bond motifs is 1. The summed E-state index contributed by atoms with van der Waals surface area (Å²) in [4.78, 5) is 8.54. The Balaban J connectivity index is 1.58. The van der Waals surface area contributed by atoms with Gasteiger partial charge >= 0.3 is 0 Å². The molecule has 1 aliphatic rings. The van der Waals surface area contributed by atoms with Gasteiger partial charge in [-0.15, -0.1) is 0 Å². The maximum atomic E-state index is 10.8. The second-order valence-electron chi connectivity index (χ2n) is 7.57. The van der Waals surface area contributed by atoms with E-state index in [9.17, 15) is 5.11 Å². The number of hydrogen-bond donors (Lipinski definition) is 6. The molecule has 3 heterocycles. The highest BCUT2D eigenvalue weighted by Gasteiger charge is 2.18. The fourth-order valence-electron chi connectivity index (χ4n) is 3.90. The SMILES string of the molecule is NCc1cc(-c2c[nH]c3c[nH+]c(N)cc23)cc(C(O)NCCN2CCOCC2)c1N. The first kappa shape index (κ1) is 20.6. The third kappa shape index (κ3) is 4.25. The van der Waals surface area contributed by atoms with E-state index < -0.39 is 6.23 Å². The Morgan fingerprint density at radius 1 is 1.23 bits per heavy atom. The molecule has 0 aliphatic carbocycles. The van der Waals surface area contributed by atoms with Crippen LogP contribution in [0.2, 0.25) is 0 Å². The summed E-state index contributed by atoms with van der Waals surface area (Å²) in [5, 5.41) is 15.0. The van der Waals surface area contributed by atoms with E-state index in [4.69, 9.17) is 21.9 Å². The Morgan fingerprint density at radius 2 is 2.03 bits per heavy atom. The maximum absolute atomic E-state index is 10.8. The molecule has 0 amide bonds. The van der Waals surface area contributed by atoms with Crippen molar-refractivity contribution in [1.29, 1.82) is 0 Å². The van der Waals surface area contributed by atoms with Gasteiger partial charge in [0.1, 0.15) is 12.4 Å². The van der Waals surface area contributed by atoms with Crippen LogP contribution >= 0.6 is 0 Å². The average molecular weight is 413 g/mol. The van der Waals surface area contributed by atoms with Gasteiger partial charge in [-0.05, 0) is 23.3 Å². The number of benzene rings is 1. The van der Waals surface area contributed by atoms with Crippen LogP contribution < -0.4 is 27.5 Å². The third-order valence-corrected chi connectivity index (χ3v) is 5.63. The van der Waals surface area contributed by atoms with Gasteiger partial charge < -0.3 is 26.3 Å². The molecule has 9 nitrogen and oxygen atoms in total. The van der Waals surface area contributed by atoms with Crippen molar-refractivity contribution in [1.82, 2.24) is 15.2 Å². The second kappa shape index (κ2) is 8.99. The van der Waals surface area contributed by atoms with Crippen LogP contribution in [0.4, 0.5) is 11.5 Å². The first-order chi connectivity index (χ1) is 14.6. The van der Waals surface area contributed by atoms with Crippen molar-refractivity contribution in [2.24, 2.45) is 5.73 Å². The van der Waals surface area contributed by atoms with Crippen molar-refractivity contribution >= 4 is 22.4 Å². The molecule has 1 unspecified atom stereocenters. The number of morpholine rings is 1. The molecule has 4 rings (SSSR count). The lowest BCUT2D eigenvalue weighted by molar-refractivity contribution is -0.358. The number of anilines is 2. The third-order valence-electron chi connectivity index (χ3n) is 5.63. The Labute approximate surface area is 175 Å². The van der Waals surface area contributed by atoms with Crippen molar-refractivity contribution in [2.75, 3.05) is 50.9 Å². The van der Waals surface area contributed by atoms with E-state index in [-0.39, 0.29) is 6.54 Å². The van der Waals surface area contributed by atoms with Crippen LogP contribution in [0.25, 0.3) is 22.0 Å². The van der Waals surface area contributed by atoms with Crippen molar-refractivity contribution in [2.45, 2.75) is 12.8 Å². The number of pyridine rings is 1. The van der Waals surface area contributed by atoms with Crippen LogP contribution in [0, 0.1) is 0 Å². The average Bonchev–Trinajstić information content (AvgIpc) is 3.17. The lowest BCUT2D eigenvalue weighted by atomic mass is 9.96. The summed E-state index contributed by atoms with van der Waals surface area (Å²) in [7, 11) is 0. The summed E-state index contributed by atoms with van der Waals surface area (Å²) in [6, 6.07) is 5.77. The van der Waals surface area contributed by atoms with Crippen LogP contribution in [0.5, 0.6) is 0 Å². The van der Waals surface area contributed by atoms with Gasteiger partial charge in [0.05, 0.1) is 18.7 Å². The van der Waals surface area contributed by atoms with E-state index >= 15 is 0 Å². The fraction of sp³-hybridized carbons (Fsp3) is 0.381. The first-order valence-electron chi connectivity index (χ1n) is 10.2. The molecule has 1 saturated heterocycles. The summed E-state index contributed by atoms with van der Waals surface area (Å²) in [5.41, 5.74) is 23.0. The van der Waals surface area contributed by atoms with Gasteiger partial charge in [0, 0.05) is 67.2 Å². The van der Waals surface area contributed by atoms with Gasteiger partial charge in [0.2, 0.25) is 0 Å². The van der Waals surface area contributed by atoms with Gasteiger partial charge in [-0.2, -0.15) is 0 Å². The second-order valence-corrected chi connectivity index (χ2v) is 7.57. The molecule has 0 saturated carbocycles. The summed E-state index contributed by atoms with van der Waals surface area (Å²) in [6.45, 7) is 5.09. The minimum Gasteiger partial charge on any atom is -0.398 e. The quantitative estimate of drug-likeness (QED) is 0.239. The molecule has 2 aromatic heterocycles. The van der Waals surface area contributed by atoms with E-state index in [2.05, 4.69) is 20.2 Å². The van der Waals surface area contributed by atoms with E-state index in [1.165, 1.54) is 0 Å². The number of ether oxygens (including phenoxy) is 1. The number of rotatable bonds is 7. The standard InChI is InChI=1S/C21H29N7O2/c22-10-14-7-13(17-11-26-18-12-27-19(23)9-15(17)18)8-16(20(14)24)21(29)25-1-2-28-3-5-30-6-4-28/h7-9,11-12,21,25-26,29H,1-6,10,22,24H2,(H2,23,27)/p+1. The molecule has 30 heavy (non-hydrogen) atoms. The summed E-state index contributed by atoms with van der Waals surface area (Å²) >= 11 is 0. The van der Waals surface area contributed by atoms with E-state index in [0.29, 0.717) is 23.6 Å². The van der Waals surface area contributed by atoms with Crippen LogP contribution in [0.15, 0.2) is 30.6 Å². The molecule has 0 spiro atoms. The molecular formula is C21H30N7O2+. The Bertz CT molecular complexity index is 1010. The molecule has 1 aliphatic heterocycles. The van der Waals surface area contributed by atoms with Gasteiger partial charge in [0.25, 0.3) is 5.82 Å². The predicted octanol–water partition coefficient (Wildman–Crippen LogP) is 0.185. The molecule has 0 bridgehead atoms. The molecule has 1 aromatic carbocycles. The lowest BCUT2D eigenvalue weighted by Crippen LogP contribution is -2.40. The molecule has 0 radical (unpaired) electrons. The smallest absolute Gasteiger partial charge is 0.270 e. The van der Waals surface area contributed by atoms with Crippen LogP contribution in [0.3, 0.4) is 0 Å². The van der Waals surface area contributed by atoms with Gasteiger partial charge in [0.15, 0.2) is 0 Å². The van der Waals surface area contributed by atoms with Crippen molar-refractivity contribution in [3.8, 4) is 11.1 Å². The van der Waals surface area contributed by atoms with Gasteiger partial charge in [-0.25, -0.2) is 4.98 Å². The van der Waals surface area contributed by atoms with Crippen LogP contribution in [0.1, 0.15) is 17.4 Å². The van der Waals surface area contributed by atoms with Crippen LogP contribution in [-0.4, -0.2) is 54.4 Å². The zero-order valence-corrected chi connectivity index (χ0v) is 16.9. The number of nitrogens with one attached hydrogen (secondary N) is 3.